The zero-order valence-electron chi connectivity index (χ0n) is 25.3. The summed E-state index contributed by atoms with van der Waals surface area (Å²) in [5.74, 6) is -3.54. The number of cyclic esters (lactones) is 1. The molecule has 0 amide bonds. The minimum Gasteiger partial charge on any atom is -0.457 e. The highest BCUT2D eigenvalue weighted by Crippen LogP contribution is 2.61. The summed E-state index contributed by atoms with van der Waals surface area (Å²) in [6.07, 6.45) is 2.90. The predicted octanol–water partition coefficient (Wildman–Crippen LogP) is 3.17. The lowest BCUT2D eigenvalue weighted by molar-refractivity contribution is -0.172. The van der Waals surface area contributed by atoms with Crippen molar-refractivity contribution in [3.63, 3.8) is 0 Å². The van der Waals surface area contributed by atoms with Crippen LogP contribution in [0, 0.1) is 35.5 Å². The fourth-order valence-corrected chi connectivity index (χ4v) is 7.70. The summed E-state index contributed by atoms with van der Waals surface area (Å²) in [5, 5.41) is 22.3. The molecule has 4 aliphatic rings. The SMILES string of the molecule is CO[C@H]1CC2C=C[C@H]3[C@H]4O[C@]2(/C(C)=C/[C@@H](C)C(C(C)O)OC1=O)[C@@H]3[C@H](O)[C@@H](C)[C@H]4OC(=O)c1cccn1C(=O)C(C)C. The number of hydrogen-bond acceptors (Lipinski definition) is 9. The third kappa shape index (κ3) is 4.76. The van der Waals surface area contributed by atoms with Crippen LogP contribution in [0.2, 0.25) is 0 Å². The smallest absolute Gasteiger partial charge is 0.355 e. The third-order valence-corrected chi connectivity index (χ3v) is 9.81. The molecule has 5 rings (SSSR count). The molecule has 0 radical (unpaired) electrons. The molecule has 10 nitrogen and oxygen atoms in total. The quantitative estimate of drug-likeness (QED) is 0.395. The van der Waals surface area contributed by atoms with Crippen LogP contribution < -0.4 is 0 Å². The van der Waals surface area contributed by atoms with E-state index in [1.54, 1.807) is 39.1 Å². The summed E-state index contributed by atoms with van der Waals surface area (Å²) >= 11 is 0. The van der Waals surface area contributed by atoms with Crippen LogP contribution in [0.1, 0.15) is 63.2 Å². The molecule has 1 saturated carbocycles. The van der Waals surface area contributed by atoms with Gasteiger partial charge in [0.05, 0.1) is 12.2 Å². The molecule has 3 heterocycles. The van der Waals surface area contributed by atoms with Gasteiger partial charge in [-0.3, -0.25) is 9.36 Å². The van der Waals surface area contributed by atoms with Gasteiger partial charge in [-0.2, -0.15) is 0 Å². The second-order valence-corrected chi connectivity index (χ2v) is 12.8. The van der Waals surface area contributed by atoms with E-state index in [0.29, 0.717) is 0 Å². The summed E-state index contributed by atoms with van der Waals surface area (Å²) < 4.78 is 25.7. The molecule has 2 aliphatic carbocycles. The highest BCUT2D eigenvalue weighted by molar-refractivity contribution is 5.94. The Hall–Kier alpha value is -2.79. The lowest BCUT2D eigenvalue weighted by Gasteiger charge is -2.48. The molecular formula is C32H43NO9. The van der Waals surface area contributed by atoms with E-state index in [1.807, 2.05) is 39.0 Å². The number of ether oxygens (including phenoxy) is 4. The molecule has 0 aromatic carbocycles. The Morgan fingerprint density at radius 2 is 1.90 bits per heavy atom. The van der Waals surface area contributed by atoms with E-state index in [-0.39, 0.29) is 47.6 Å². The topological polar surface area (TPSA) is 134 Å². The second-order valence-electron chi connectivity index (χ2n) is 12.8. The average molecular weight is 586 g/mol. The number of aromatic nitrogens is 1. The molecule has 12 atom stereocenters. The van der Waals surface area contributed by atoms with Crippen molar-refractivity contribution >= 4 is 17.8 Å². The number of rotatable bonds is 5. The molecule has 230 valence electrons. The molecule has 3 unspecified atom stereocenters. The highest BCUT2D eigenvalue weighted by Gasteiger charge is 2.69. The fraction of sp³-hybridized carbons (Fsp3) is 0.656. The van der Waals surface area contributed by atoms with Gasteiger partial charge in [-0.15, -0.1) is 0 Å². The largest absolute Gasteiger partial charge is 0.457 e. The van der Waals surface area contributed by atoms with E-state index in [0.717, 1.165) is 5.57 Å². The number of carbonyl (C=O) groups is 3. The Morgan fingerprint density at radius 1 is 1.19 bits per heavy atom. The van der Waals surface area contributed by atoms with Crippen molar-refractivity contribution in [2.75, 3.05) is 7.11 Å². The molecule has 2 N–H and O–H groups in total. The lowest BCUT2D eigenvalue weighted by atomic mass is 9.57. The van der Waals surface area contributed by atoms with Gasteiger partial charge in [-0.25, -0.2) is 9.59 Å². The maximum Gasteiger partial charge on any atom is 0.355 e. The molecule has 42 heavy (non-hydrogen) atoms. The van der Waals surface area contributed by atoms with Crippen LogP contribution >= 0.6 is 0 Å². The van der Waals surface area contributed by atoms with E-state index in [9.17, 15) is 24.6 Å². The Balaban J connectivity index is 1.54. The van der Waals surface area contributed by atoms with Crippen molar-refractivity contribution in [1.29, 1.82) is 0 Å². The number of methoxy groups -OCH3 is 1. The van der Waals surface area contributed by atoms with Gasteiger partial charge >= 0.3 is 11.9 Å². The summed E-state index contributed by atoms with van der Waals surface area (Å²) in [6.45, 7) is 10.8. The van der Waals surface area contributed by atoms with Crippen LogP contribution in [0.25, 0.3) is 0 Å². The van der Waals surface area contributed by atoms with Gasteiger partial charge in [0.15, 0.2) is 6.10 Å². The van der Waals surface area contributed by atoms with E-state index >= 15 is 0 Å². The van der Waals surface area contributed by atoms with Crippen LogP contribution in [-0.4, -0.2) is 82.0 Å². The molecule has 1 aromatic heterocycles. The highest BCUT2D eigenvalue weighted by atomic mass is 16.6. The zero-order chi connectivity index (χ0) is 30.7. The second kappa shape index (κ2) is 11.4. The number of hydrogen-bond donors (Lipinski definition) is 2. The van der Waals surface area contributed by atoms with Crippen molar-refractivity contribution < 1.29 is 43.5 Å². The van der Waals surface area contributed by atoms with Gasteiger partial charge in [-0.1, -0.05) is 45.9 Å². The van der Waals surface area contributed by atoms with Crippen LogP contribution in [0.4, 0.5) is 0 Å². The van der Waals surface area contributed by atoms with E-state index < -0.39 is 60.1 Å². The average Bonchev–Trinajstić information content (AvgIpc) is 3.50. The Bertz CT molecular complexity index is 1280. The van der Waals surface area contributed by atoms with E-state index in [2.05, 4.69) is 0 Å². The van der Waals surface area contributed by atoms with Gasteiger partial charge in [0, 0.05) is 48.8 Å². The first-order valence-corrected chi connectivity index (χ1v) is 14.9. The van der Waals surface area contributed by atoms with Crippen LogP contribution in [-0.2, 0) is 23.7 Å². The van der Waals surface area contributed by atoms with Crippen molar-refractivity contribution in [3.8, 4) is 0 Å². The predicted molar refractivity (Wildman–Crippen MR) is 151 cm³/mol. The number of aliphatic hydroxyl groups excluding tert-OH is 2. The summed E-state index contributed by atoms with van der Waals surface area (Å²) in [5.41, 5.74) is -0.0206. The third-order valence-electron chi connectivity index (χ3n) is 9.81. The van der Waals surface area contributed by atoms with Gasteiger partial charge in [0.1, 0.15) is 29.6 Å². The standard InChI is InChI=1S/C32H43NO9/c1-15(2)29(36)33-12-8-9-22(33)30(37)41-27-18(5)25(35)24-21-11-10-20-14-23(39-7)31(38)40-26(19(6)34)16(3)13-17(4)32(20,24)42-28(21)27/h8-13,15-16,18-21,23-28,34-35H,14H2,1-7H3/b17-13+/t16-,18-,19?,20?,21-,23+,24+,25-,26?,27-,28-,32+/m1/s1. The van der Waals surface area contributed by atoms with E-state index in [1.165, 1.54) is 11.7 Å². The van der Waals surface area contributed by atoms with Crippen LogP contribution in [0.5, 0.6) is 0 Å². The maximum atomic E-state index is 13.5. The fourth-order valence-electron chi connectivity index (χ4n) is 7.70. The Morgan fingerprint density at radius 3 is 2.55 bits per heavy atom. The molecule has 2 fully saturated rings. The minimum atomic E-state index is -1.00. The molecular weight excluding hydrogens is 542 g/mol. The van der Waals surface area contributed by atoms with Gasteiger partial charge in [-0.05, 0) is 38.0 Å². The molecule has 4 bridgehead atoms. The van der Waals surface area contributed by atoms with Crippen LogP contribution in [0.3, 0.4) is 0 Å². The number of aliphatic hydroxyl groups is 2. The van der Waals surface area contributed by atoms with Crippen molar-refractivity contribution in [1.82, 2.24) is 4.57 Å². The minimum absolute atomic E-state index is 0.124. The van der Waals surface area contributed by atoms with Crippen LogP contribution in [0.15, 0.2) is 42.1 Å². The Kier molecular flexibility index (Phi) is 8.30. The zero-order valence-corrected chi connectivity index (χ0v) is 25.3. The summed E-state index contributed by atoms with van der Waals surface area (Å²) in [4.78, 5) is 39.3. The van der Waals surface area contributed by atoms with Crippen molar-refractivity contribution in [2.45, 2.75) is 90.2 Å². The first-order valence-electron chi connectivity index (χ1n) is 14.9. The van der Waals surface area contributed by atoms with Gasteiger partial charge in [0.2, 0.25) is 5.91 Å². The lowest BCUT2D eigenvalue weighted by Crippen LogP contribution is -2.57. The first kappa shape index (κ1) is 30.7. The first-order chi connectivity index (χ1) is 19.8. The maximum absolute atomic E-state index is 13.5. The molecule has 10 heteroatoms. The molecule has 2 aliphatic heterocycles. The molecule has 1 spiro atoms. The van der Waals surface area contributed by atoms with Gasteiger partial charge < -0.3 is 29.2 Å². The monoisotopic (exact) mass is 585 g/mol. The number of carbonyl (C=O) groups excluding carboxylic acids is 3. The summed E-state index contributed by atoms with van der Waals surface area (Å²) in [6, 6.07) is 3.18. The summed E-state index contributed by atoms with van der Waals surface area (Å²) in [7, 11) is 1.45. The number of esters is 2. The van der Waals surface area contributed by atoms with Crippen molar-refractivity contribution in [3.05, 3.63) is 47.8 Å². The number of nitrogens with zero attached hydrogens (tertiary/aromatic N) is 1. The molecule has 1 aromatic rings. The Labute approximate surface area is 246 Å². The van der Waals surface area contributed by atoms with Gasteiger partial charge in [0.25, 0.3) is 0 Å². The van der Waals surface area contributed by atoms with Crippen molar-refractivity contribution in [2.24, 2.45) is 35.5 Å². The normalized spacial score (nSPS) is 41.4. The molecule has 1 saturated heterocycles. The van der Waals surface area contributed by atoms with E-state index in [4.69, 9.17) is 18.9 Å².